The van der Waals surface area contributed by atoms with Crippen LogP contribution in [0, 0.1) is 0 Å². The minimum absolute atomic E-state index is 0.157. The van der Waals surface area contributed by atoms with Crippen LogP contribution >= 0.6 is 23.1 Å². The molecule has 1 aromatic rings. The van der Waals surface area contributed by atoms with Gasteiger partial charge in [0.25, 0.3) is 10.0 Å². The van der Waals surface area contributed by atoms with Gasteiger partial charge >= 0.3 is 0 Å². The molecule has 20 heavy (non-hydrogen) atoms. The van der Waals surface area contributed by atoms with Gasteiger partial charge in [-0.25, -0.2) is 8.42 Å². The third-order valence-corrected chi connectivity index (χ3v) is 8.30. The molecule has 2 heterocycles. The molecule has 0 unspecified atom stereocenters. The summed E-state index contributed by atoms with van der Waals surface area (Å²) in [4.78, 5) is 1.04. The van der Waals surface area contributed by atoms with Gasteiger partial charge in [0.05, 0.1) is 0 Å². The highest BCUT2D eigenvalue weighted by molar-refractivity contribution is 8.00. The summed E-state index contributed by atoms with van der Waals surface area (Å²) in [5.41, 5.74) is 5.52. The Balaban J connectivity index is 2.16. The molecule has 0 radical (unpaired) electrons. The van der Waals surface area contributed by atoms with Crippen LogP contribution in [0.5, 0.6) is 0 Å². The molecular formula is C13H22N2O2S3. The fourth-order valence-electron chi connectivity index (χ4n) is 2.14. The summed E-state index contributed by atoms with van der Waals surface area (Å²) >= 11 is 3.20. The number of nitrogens with two attached hydrogens (primary N) is 1. The Kier molecular flexibility index (Phi) is 5.18. The summed E-state index contributed by atoms with van der Waals surface area (Å²) in [5.74, 6) is 0.854. The SMILES string of the molecule is CC1(C)CCN(S(=O)(=O)c2ccc(CCN)s2)CCS1. The fourth-order valence-corrected chi connectivity index (χ4v) is 6.33. The third kappa shape index (κ3) is 3.76. The minimum atomic E-state index is -3.34. The molecule has 0 aromatic carbocycles. The first-order chi connectivity index (χ1) is 9.35. The maximum atomic E-state index is 12.7. The Labute approximate surface area is 129 Å². The van der Waals surface area contributed by atoms with E-state index >= 15 is 0 Å². The Hall–Kier alpha value is -0.0800. The van der Waals surface area contributed by atoms with Crippen LogP contribution in [0.3, 0.4) is 0 Å². The van der Waals surface area contributed by atoms with Gasteiger partial charge < -0.3 is 5.73 Å². The molecule has 1 aliphatic rings. The van der Waals surface area contributed by atoms with Crippen molar-refractivity contribution in [3.8, 4) is 0 Å². The average molecular weight is 335 g/mol. The van der Waals surface area contributed by atoms with E-state index in [1.807, 2.05) is 17.8 Å². The Bertz CT molecular complexity index is 552. The highest BCUT2D eigenvalue weighted by Crippen LogP contribution is 2.33. The summed E-state index contributed by atoms with van der Waals surface area (Å²) < 4.78 is 27.6. The van der Waals surface area contributed by atoms with E-state index in [0.29, 0.717) is 23.8 Å². The molecule has 4 nitrogen and oxygen atoms in total. The van der Waals surface area contributed by atoms with Gasteiger partial charge in [0.15, 0.2) is 0 Å². The van der Waals surface area contributed by atoms with Crippen molar-refractivity contribution in [2.75, 3.05) is 25.4 Å². The number of hydrogen-bond acceptors (Lipinski definition) is 5. The minimum Gasteiger partial charge on any atom is -0.330 e. The quantitative estimate of drug-likeness (QED) is 0.916. The van der Waals surface area contributed by atoms with E-state index in [1.54, 1.807) is 10.4 Å². The van der Waals surface area contributed by atoms with Crippen molar-refractivity contribution >= 4 is 33.1 Å². The first-order valence-corrected chi connectivity index (χ1v) is 10.0. The third-order valence-electron chi connectivity index (χ3n) is 3.42. The predicted octanol–water partition coefficient (Wildman–Crippen LogP) is 2.16. The molecule has 0 saturated carbocycles. The van der Waals surface area contributed by atoms with E-state index in [2.05, 4.69) is 13.8 Å². The van der Waals surface area contributed by atoms with Crippen LogP contribution in [0.2, 0.25) is 0 Å². The van der Waals surface area contributed by atoms with Crippen molar-refractivity contribution in [1.29, 1.82) is 0 Å². The zero-order valence-electron chi connectivity index (χ0n) is 12.0. The molecule has 1 saturated heterocycles. The highest BCUT2D eigenvalue weighted by atomic mass is 32.2. The lowest BCUT2D eigenvalue weighted by Crippen LogP contribution is -2.33. The van der Waals surface area contributed by atoms with Crippen molar-refractivity contribution in [2.24, 2.45) is 5.73 Å². The van der Waals surface area contributed by atoms with Gasteiger partial charge in [-0.3, -0.25) is 0 Å². The molecule has 0 aliphatic carbocycles. The standard InChI is InChI=1S/C13H22N2O2S3/c1-13(2)6-8-15(9-10-18-13)20(16,17)12-4-3-11(19-12)5-7-14/h3-4H,5-10,14H2,1-2H3. The number of nitrogens with zero attached hydrogens (tertiary/aromatic N) is 1. The maximum absolute atomic E-state index is 12.7. The number of thiophene rings is 1. The highest BCUT2D eigenvalue weighted by Gasteiger charge is 2.31. The topological polar surface area (TPSA) is 63.4 Å². The Morgan fingerprint density at radius 3 is 2.80 bits per heavy atom. The van der Waals surface area contributed by atoms with Crippen LogP contribution in [0.1, 0.15) is 25.1 Å². The molecule has 7 heteroatoms. The summed E-state index contributed by atoms with van der Waals surface area (Å²) in [6.07, 6.45) is 1.63. The van der Waals surface area contributed by atoms with Crippen LogP contribution in [0.15, 0.2) is 16.3 Å². The number of hydrogen-bond donors (Lipinski definition) is 1. The molecule has 0 amide bonds. The van der Waals surface area contributed by atoms with E-state index in [1.165, 1.54) is 11.3 Å². The molecule has 0 atom stereocenters. The second-order valence-corrected chi connectivity index (χ2v) is 10.7. The van der Waals surface area contributed by atoms with E-state index < -0.39 is 10.0 Å². The lowest BCUT2D eigenvalue weighted by Gasteiger charge is -2.22. The first kappa shape index (κ1) is 16.3. The molecule has 2 rings (SSSR count). The average Bonchev–Trinajstić information content (AvgIpc) is 2.75. The van der Waals surface area contributed by atoms with Gasteiger partial charge in [-0.2, -0.15) is 16.1 Å². The van der Waals surface area contributed by atoms with Crippen LogP contribution in [-0.2, 0) is 16.4 Å². The predicted molar refractivity (Wildman–Crippen MR) is 87.0 cm³/mol. The zero-order chi connectivity index (χ0) is 14.8. The largest absolute Gasteiger partial charge is 0.330 e. The van der Waals surface area contributed by atoms with Crippen molar-refractivity contribution in [2.45, 2.75) is 35.6 Å². The molecular weight excluding hydrogens is 312 g/mol. The van der Waals surface area contributed by atoms with Crippen LogP contribution < -0.4 is 5.73 Å². The van der Waals surface area contributed by atoms with Gasteiger partial charge in [0.2, 0.25) is 0 Å². The van der Waals surface area contributed by atoms with Crippen molar-refractivity contribution in [3.05, 3.63) is 17.0 Å². The van der Waals surface area contributed by atoms with Gasteiger partial charge in [-0.05, 0) is 31.5 Å². The molecule has 0 bridgehead atoms. The van der Waals surface area contributed by atoms with Crippen LogP contribution in [-0.4, -0.2) is 42.9 Å². The van der Waals surface area contributed by atoms with Crippen LogP contribution in [0.4, 0.5) is 0 Å². The first-order valence-electron chi connectivity index (χ1n) is 6.78. The van der Waals surface area contributed by atoms with E-state index in [4.69, 9.17) is 5.73 Å². The molecule has 1 aliphatic heterocycles. The zero-order valence-corrected chi connectivity index (χ0v) is 14.4. The van der Waals surface area contributed by atoms with Crippen molar-refractivity contribution in [3.63, 3.8) is 0 Å². The van der Waals surface area contributed by atoms with Gasteiger partial charge in [0.1, 0.15) is 4.21 Å². The van der Waals surface area contributed by atoms with Gasteiger partial charge in [-0.1, -0.05) is 13.8 Å². The maximum Gasteiger partial charge on any atom is 0.252 e. The molecule has 114 valence electrons. The normalized spacial score (nSPS) is 20.8. The number of thioether (sulfide) groups is 1. The second kappa shape index (κ2) is 6.36. The summed E-state index contributed by atoms with van der Waals surface area (Å²) in [7, 11) is -3.34. The number of sulfonamides is 1. The summed E-state index contributed by atoms with van der Waals surface area (Å²) in [6, 6.07) is 3.59. The lowest BCUT2D eigenvalue weighted by atomic mass is 10.1. The van der Waals surface area contributed by atoms with E-state index in [-0.39, 0.29) is 4.75 Å². The summed E-state index contributed by atoms with van der Waals surface area (Å²) in [5, 5.41) is 0. The van der Waals surface area contributed by atoms with Gasteiger partial charge in [-0.15, -0.1) is 11.3 Å². The summed E-state index contributed by atoms with van der Waals surface area (Å²) in [6.45, 7) is 6.11. The molecule has 0 spiro atoms. The molecule has 1 fully saturated rings. The van der Waals surface area contributed by atoms with E-state index in [0.717, 1.165) is 23.5 Å². The van der Waals surface area contributed by atoms with Crippen molar-refractivity contribution < 1.29 is 8.42 Å². The molecule has 2 N–H and O–H groups in total. The van der Waals surface area contributed by atoms with Crippen LogP contribution in [0.25, 0.3) is 0 Å². The monoisotopic (exact) mass is 334 g/mol. The second-order valence-electron chi connectivity index (χ2n) is 5.52. The molecule has 1 aromatic heterocycles. The van der Waals surface area contributed by atoms with E-state index in [9.17, 15) is 8.42 Å². The fraction of sp³-hybridized carbons (Fsp3) is 0.692. The smallest absolute Gasteiger partial charge is 0.252 e. The Morgan fingerprint density at radius 2 is 2.10 bits per heavy atom. The number of rotatable bonds is 4. The lowest BCUT2D eigenvalue weighted by molar-refractivity contribution is 0.416. The Morgan fingerprint density at radius 1 is 1.35 bits per heavy atom. The van der Waals surface area contributed by atoms with Crippen molar-refractivity contribution in [1.82, 2.24) is 4.31 Å². The van der Waals surface area contributed by atoms with Gasteiger partial charge in [0, 0.05) is 28.5 Å².